The van der Waals surface area contributed by atoms with Crippen LogP contribution in [0.25, 0.3) is 0 Å². The first-order chi connectivity index (χ1) is 9.32. The van der Waals surface area contributed by atoms with E-state index in [4.69, 9.17) is 5.11 Å². The van der Waals surface area contributed by atoms with Crippen molar-refractivity contribution in [2.75, 3.05) is 19.6 Å². The third kappa shape index (κ3) is 4.51. The van der Waals surface area contributed by atoms with Gasteiger partial charge in [-0.1, -0.05) is 13.8 Å². The molecular weight excluding hydrogens is 260 g/mol. The molecule has 0 aromatic heterocycles. The molecular formula is C14H24N2O4. The van der Waals surface area contributed by atoms with E-state index in [1.807, 2.05) is 18.7 Å². The number of aliphatic carboxylic acids is 1. The zero-order valence-electron chi connectivity index (χ0n) is 12.5. The van der Waals surface area contributed by atoms with Crippen LogP contribution in [0.4, 0.5) is 0 Å². The molecule has 114 valence electrons. The maximum absolute atomic E-state index is 12.0. The van der Waals surface area contributed by atoms with Crippen molar-refractivity contribution in [2.24, 2.45) is 5.92 Å². The Morgan fingerprint density at radius 1 is 1.25 bits per heavy atom. The number of carbonyl (C=O) groups excluding carboxylic acids is 2. The van der Waals surface area contributed by atoms with Crippen molar-refractivity contribution in [3.63, 3.8) is 0 Å². The molecule has 1 rings (SSSR count). The average molecular weight is 284 g/mol. The molecule has 1 fully saturated rings. The summed E-state index contributed by atoms with van der Waals surface area (Å²) in [4.78, 5) is 37.7. The van der Waals surface area contributed by atoms with E-state index < -0.39 is 5.97 Å². The van der Waals surface area contributed by atoms with Crippen LogP contribution >= 0.6 is 0 Å². The van der Waals surface area contributed by atoms with Crippen LogP contribution in [0.15, 0.2) is 0 Å². The number of carbonyl (C=O) groups is 3. The molecule has 1 N–H and O–H groups in total. The van der Waals surface area contributed by atoms with E-state index in [1.165, 1.54) is 11.8 Å². The molecule has 0 aliphatic carbocycles. The number of hydrogen-bond donors (Lipinski definition) is 1. The predicted octanol–water partition coefficient (Wildman–Crippen LogP) is 0.957. The van der Waals surface area contributed by atoms with Gasteiger partial charge in [0.2, 0.25) is 11.8 Å². The van der Waals surface area contributed by atoms with Crippen LogP contribution in [0.5, 0.6) is 0 Å². The molecule has 1 aliphatic heterocycles. The van der Waals surface area contributed by atoms with E-state index >= 15 is 0 Å². The maximum atomic E-state index is 12.0. The van der Waals surface area contributed by atoms with Crippen LogP contribution in [-0.4, -0.2) is 58.4 Å². The molecule has 1 unspecified atom stereocenters. The van der Waals surface area contributed by atoms with E-state index in [0.717, 1.165) is 12.8 Å². The molecule has 0 bridgehead atoms. The van der Waals surface area contributed by atoms with Crippen LogP contribution < -0.4 is 0 Å². The molecule has 1 heterocycles. The van der Waals surface area contributed by atoms with Gasteiger partial charge in [0, 0.05) is 32.0 Å². The van der Waals surface area contributed by atoms with Crippen molar-refractivity contribution in [1.82, 2.24) is 9.80 Å². The summed E-state index contributed by atoms with van der Waals surface area (Å²) < 4.78 is 0. The fourth-order valence-corrected chi connectivity index (χ4v) is 2.62. The van der Waals surface area contributed by atoms with Crippen molar-refractivity contribution < 1.29 is 19.5 Å². The SMILES string of the molecule is CC(=O)N(CC(=O)O)C1CCCN(C(=O)C(C)C)CC1. The lowest BCUT2D eigenvalue weighted by Crippen LogP contribution is -2.43. The van der Waals surface area contributed by atoms with Crippen LogP contribution in [-0.2, 0) is 14.4 Å². The monoisotopic (exact) mass is 284 g/mol. The van der Waals surface area contributed by atoms with Crippen LogP contribution in [0, 0.1) is 5.92 Å². The Morgan fingerprint density at radius 3 is 2.40 bits per heavy atom. The van der Waals surface area contributed by atoms with E-state index in [1.54, 1.807) is 0 Å². The van der Waals surface area contributed by atoms with Crippen molar-refractivity contribution in [2.45, 2.75) is 46.1 Å². The third-order valence-electron chi connectivity index (χ3n) is 3.65. The van der Waals surface area contributed by atoms with Gasteiger partial charge in [0.1, 0.15) is 6.54 Å². The summed E-state index contributed by atoms with van der Waals surface area (Å²) in [5, 5.41) is 8.89. The van der Waals surface area contributed by atoms with Gasteiger partial charge in [-0.3, -0.25) is 14.4 Å². The molecule has 1 atom stereocenters. The molecule has 2 amide bonds. The van der Waals surface area contributed by atoms with Gasteiger partial charge in [-0.2, -0.15) is 0 Å². The summed E-state index contributed by atoms with van der Waals surface area (Å²) in [6, 6.07) is -0.0893. The fraction of sp³-hybridized carbons (Fsp3) is 0.786. The average Bonchev–Trinajstić information content (AvgIpc) is 2.59. The van der Waals surface area contributed by atoms with Crippen molar-refractivity contribution >= 4 is 17.8 Å². The second kappa shape index (κ2) is 7.26. The molecule has 6 heteroatoms. The van der Waals surface area contributed by atoms with E-state index in [-0.39, 0.29) is 30.3 Å². The second-order valence-corrected chi connectivity index (χ2v) is 5.61. The van der Waals surface area contributed by atoms with Gasteiger partial charge in [-0.25, -0.2) is 0 Å². The Morgan fingerprint density at radius 2 is 1.90 bits per heavy atom. The Labute approximate surface area is 119 Å². The van der Waals surface area contributed by atoms with Crippen molar-refractivity contribution in [1.29, 1.82) is 0 Å². The van der Waals surface area contributed by atoms with Crippen LogP contribution in [0.2, 0.25) is 0 Å². The van der Waals surface area contributed by atoms with Gasteiger partial charge in [0.25, 0.3) is 0 Å². The highest BCUT2D eigenvalue weighted by Gasteiger charge is 2.28. The summed E-state index contributed by atoms with van der Waals surface area (Å²) in [5.74, 6) is -1.13. The van der Waals surface area contributed by atoms with Crippen molar-refractivity contribution in [3.05, 3.63) is 0 Å². The fourth-order valence-electron chi connectivity index (χ4n) is 2.62. The topological polar surface area (TPSA) is 77.9 Å². The number of likely N-dealkylation sites (tertiary alicyclic amines) is 1. The zero-order valence-corrected chi connectivity index (χ0v) is 12.5. The minimum Gasteiger partial charge on any atom is -0.480 e. The summed E-state index contributed by atoms with van der Waals surface area (Å²) in [6.07, 6.45) is 2.19. The van der Waals surface area contributed by atoms with E-state index in [2.05, 4.69) is 0 Å². The second-order valence-electron chi connectivity index (χ2n) is 5.61. The highest BCUT2D eigenvalue weighted by atomic mass is 16.4. The van der Waals surface area contributed by atoms with E-state index in [9.17, 15) is 14.4 Å². The number of nitrogens with zero attached hydrogens (tertiary/aromatic N) is 2. The lowest BCUT2D eigenvalue weighted by molar-refractivity contribution is -0.145. The largest absolute Gasteiger partial charge is 0.480 e. The van der Waals surface area contributed by atoms with Crippen LogP contribution in [0.3, 0.4) is 0 Å². The number of hydrogen-bond acceptors (Lipinski definition) is 3. The normalized spacial score (nSPS) is 19.6. The van der Waals surface area contributed by atoms with Gasteiger partial charge in [0.15, 0.2) is 0 Å². The third-order valence-corrected chi connectivity index (χ3v) is 3.65. The van der Waals surface area contributed by atoms with Gasteiger partial charge in [0.05, 0.1) is 0 Å². The molecule has 0 aromatic carbocycles. The van der Waals surface area contributed by atoms with Crippen LogP contribution in [0.1, 0.15) is 40.0 Å². The lowest BCUT2D eigenvalue weighted by Gasteiger charge is -2.29. The quantitative estimate of drug-likeness (QED) is 0.834. The maximum Gasteiger partial charge on any atom is 0.323 e. The van der Waals surface area contributed by atoms with Crippen molar-refractivity contribution in [3.8, 4) is 0 Å². The van der Waals surface area contributed by atoms with Gasteiger partial charge >= 0.3 is 5.97 Å². The van der Waals surface area contributed by atoms with Gasteiger partial charge in [-0.05, 0) is 19.3 Å². The minimum absolute atomic E-state index is 0.0329. The van der Waals surface area contributed by atoms with E-state index in [0.29, 0.717) is 19.5 Å². The summed E-state index contributed by atoms with van der Waals surface area (Å²) in [6.45, 7) is 6.15. The molecule has 1 aliphatic rings. The Kier molecular flexibility index (Phi) is 5.98. The number of amides is 2. The van der Waals surface area contributed by atoms with Gasteiger partial charge in [-0.15, -0.1) is 0 Å². The highest BCUT2D eigenvalue weighted by Crippen LogP contribution is 2.18. The van der Waals surface area contributed by atoms with Gasteiger partial charge < -0.3 is 14.9 Å². The predicted molar refractivity (Wildman–Crippen MR) is 74.1 cm³/mol. The summed E-state index contributed by atoms with van der Waals surface area (Å²) >= 11 is 0. The number of carboxylic acid groups (broad SMARTS) is 1. The molecule has 0 aromatic rings. The summed E-state index contributed by atoms with van der Waals surface area (Å²) in [5.41, 5.74) is 0. The Hall–Kier alpha value is -1.59. The highest BCUT2D eigenvalue weighted by molar-refractivity contribution is 5.80. The number of rotatable bonds is 4. The molecule has 0 spiro atoms. The molecule has 0 saturated carbocycles. The molecule has 0 radical (unpaired) electrons. The molecule has 1 saturated heterocycles. The Bertz CT molecular complexity index is 381. The summed E-state index contributed by atoms with van der Waals surface area (Å²) in [7, 11) is 0. The lowest BCUT2D eigenvalue weighted by atomic mass is 10.1. The first-order valence-electron chi connectivity index (χ1n) is 7.10. The smallest absolute Gasteiger partial charge is 0.323 e. The minimum atomic E-state index is -1.00. The number of carboxylic acids is 1. The first-order valence-corrected chi connectivity index (χ1v) is 7.10. The zero-order chi connectivity index (χ0) is 15.3. The first kappa shape index (κ1) is 16.5. The Balaban J connectivity index is 2.68. The standard InChI is InChI=1S/C14H24N2O4/c1-10(2)14(20)15-7-4-5-12(6-8-15)16(11(3)17)9-13(18)19/h10,12H,4-9H2,1-3H3,(H,18,19). The molecule has 6 nitrogen and oxygen atoms in total. The molecule has 20 heavy (non-hydrogen) atoms.